The third-order valence-electron chi connectivity index (χ3n) is 2.32. The first kappa shape index (κ1) is 12.4. The molecule has 2 aromatic heterocycles. The van der Waals surface area contributed by atoms with E-state index in [1.807, 2.05) is 49.1 Å². The Balaban J connectivity index is 0.000000160. The van der Waals surface area contributed by atoms with Crippen LogP contribution in [-0.4, -0.2) is 9.97 Å². The van der Waals surface area contributed by atoms with E-state index in [1.165, 1.54) is 11.1 Å². The maximum absolute atomic E-state index is 3.89. The molecule has 0 N–H and O–H groups in total. The smallest absolute Gasteiger partial charge is 0.0270 e. The topological polar surface area (TPSA) is 25.8 Å². The molecule has 0 radical (unpaired) electrons. The molecule has 2 nitrogen and oxygen atoms in total. The highest BCUT2D eigenvalue weighted by molar-refractivity contribution is 5.09. The zero-order chi connectivity index (χ0) is 11.6. The van der Waals surface area contributed by atoms with Crippen LogP contribution in [0.1, 0.15) is 25.0 Å². The Morgan fingerprint density at radius 2 is 1.00 bits per heavy atom. The van der Waals surface area contributed by atoms with Gasteiger partial charge in [-0.3, -0.25) is 9.97 Å². The summed E-state index contributed by atoms with van der Waals surface area (Å²) in [5, 5.41) is 0. The largest absolute Gasteiger partial charge is 0.265 e. The molecule has 2 heteroatoms. The van der Waals surface area contributed by atoms with E-state index in [0.29, 0.717) is 0 Å². The van der Waals surface area contributed by atoms with Gasteiger partial charge in [0.05, 0.1) is 0 Å². The average Bonchev–Trinajstić information content (AvgIpc) is 2.41. The molecule has 0 aromatic carbocycles. The fourth-order valence-corrected chi connectivity index (χ4v) is 1.24. The second-order valence-electron chi connectivity index (χ2n) is 3.42. The van der Waals surface area contributed by atoms with Gasteiger partial charge in [-0.2, -0.15) is 0 Å². The van der Waals surface area contributed by atoms with Crippen LogP contribution in [0.25, 0.3) is 0 Å². The highest BCUT2D eigenvalue weighted by atomic mass is 14.6. The van der Waals surface area contributed by atoms with Crippen molar-refractivity contribution in [1.29, 1.82) is 0 Å². The van der Waals surface area contributed by atoms with Crippen LogP contribution in [0.3, 0.4) is 0 Å². The zero-order valence-electron chi connectivity index (χ0n) is 9.93. The Kier molecular flexibility index (Phi) is 5.86. The fraction of sp³-hybridized carbons (Fsp3) is 0.286. The molecule has 2 aromatic rings. The number of aryl methyl sites for hydroxylation is 2. The van der Waals surface area contributed by atoms with E-state index in [2.05, 4.69) is 23.8 Å². The average molecular weight is 214 g/mol. The molecule has 0 saturated carbocycles. The van der Waals surface area contributed by atoms with Crippen molar-refractivity contribution in [3.8, 4) is 0 Å². The summed E-state index contributed by atoms with van der Waals surface area (Å²) in [6.07, 6.45) is 9.47. The Bertz CT molecular complexity index is 331. The summed E-state index contributed by atoms with van der Waals surface area (Å²) in [4.78, 5) is 7.79. The monoisotopic (exact) mass is 214 g/mol. The van der Waals surface area contributed by atoms with E-state index in [0.717, 1.165) is 12.8 Å². The predicted octanol–water partition coefficient (Wildman–Crippen LogP) is 3.29. The third kappa shape index (κ3) is 4.69. The molecule has 2 rings (SSSR count). The van der Waals surface area contributed by atoms with Gasteiger partial charge in [0.1, 0.15) is 0 Å². The highest BCUT2D eigenvalue weighted by Crippen LogP contribution is 1.95. The summed E-state index contributed by atoms with van der Waals surface area (Å²) < 4.78 is 0. The highest BCUT2D eigenvalue weighted by Gasteiger charge is 1.81. The van der Waals surface area contributed by atoms with E-state index in [4.69, 9.17) is 0 Å². The Hall–Kier alpha value is -1.70. The summed E-state index contributed by atoms with van der Waals surface area (Å²) in [5.74, 6) is 0. The molecule has 84 valence electrons. The van der Waals surface area contributed by atoms with Crippen molar-refractivity contribution in [3.05, 3.63) is 60.2 Å². The van der Waals surface area contributed by atoms with Crippen molar-refractivity contribution in [3.63, 3.8) is 0 Å². The van der Waals surface area contributed by atoms with Crippen LogP contribution in [0.5, 0.6) is 0 Å². The molecule has 0 fully saturated rings. The van der Waals surface area contributed by atoms with Crippen LogP contribution in [0.15, 0.2) is 49.1 Å². The molecule has 2 heterocycles. The maximum Gasteiger partial charge on any atom is 0.0270 e. The summed E-state index contributed by atoms with van der Waals surface area (Å²) in [6.45, 7) is 4.27. The van der Waals surface area contributed by atoms with Gasteiger partial charge in [0.15, 0.2) is 0 Å². The van der Waals surface area contributed by atoms with E-state index in [9.17, 15) is 0 Å². The second-order valence-corrected chi connectivity index (χ2v) is 3.42. The van der Waals surface area contributed by atoms with Gasteiger partial charge in [0.25, 0.3) is 0 Å². The third-order valence-corrected chi connectivity index (χ3v) is 2.32. The van der Waals surface area contributed by atoms with Crippen LogP contribution in [0.4, 0.5) is 0 Å². The number of pyridine rings is 2. The number of hydrogen-bond donors (Lipinski definition) is 0. The number of aromatic nitrogens is 2. The Morgan fingerprint density at radius 3 is 1.19 bits per heavy atom. The zero-order valence-corrected chi connectivity index (χ0v) is 9.93. The van der Waals surface area contributed by atoms with Crippen molar-refractivity contribution >= 4 is 0 Å². The normalized spacial score (nSPS) is 9.12. The number of hydrogen-bond acceptors (Lipinski definition) is 2. The summed E-state index contributed by atoms with van der Waals surface area (Å²) >= 11 is 0. The molecule has 0 saturated heterocycles. The lowest BCUT2D eigenvalue weighted by molar-refractivity contribution is 1.12. The van der Waals surface area contributed by atoms with Crippen LogP contribution < -0.4 is 0 Å². The fourth-order valence-electron chi connectivity index (χ4n) is 1.24. The quantitative estimate of drug-likeness (QED) is 0.766. The summed E-state index contributed by atoms with van der Waals surface area (Å²) in [5.41, 5.74) is 2.69. The van der Waals surface area contributed by atoms with E-state index < -0.39 is 0 Å². The van der Waals surface area contributed by atoms with Crippen molar-refractivity contribution in [2.24, 2.45) is 0 Å². The first-order valence-electron chi connectivity index (χ1n) is 5.64. The summed E-state index contributed by atoms with van der Waals surface area (Å²) in [7, 11) is 0. The van der Waals surface area contributed by atoms with Crippen LogP contribution in [0, 0.1) is 0 Å². The van der Waals surface area contributed by atoms with Crippen LogP contribution in [0.2, 0.25) is 0 Å². The lowest BCUT2D eigenvalue weighted by Crippen LogP contribution is -1.76. The molecular formula is C14H18N2. The van der Waals surface area contributed by atoms with E-state index in [1.54, 1.807) is 0 Å². The van der Waals surface area contributed by atoms with Gasteiger partial charge in [-0.25, -0.2) is 0 Å². The molecule has 0 unspecified atom stereocenters. The standard InChI is InChI=1S/2C7H9N/c2*1-2-7-3-5-8-6-4-7/h2*3-6H,2H2,1H3. The molecule has 0 atom stereocenters. The van der Waals surface area contributed by atoms with Crippen molar-refractivity contribution in [1.82, 2.24) is 9.97 Å². The minimum absolute atomic E-state index is 1.10. The first-order valence-corrected chi connectivity index (χ1v) is 5.64. The predicted molar refractivity (Wildman–Crippen MR) is 67.2 cm³/mol. The van der Waals surface area contributed by atoms with Crippen molar-refractivity contribution in [2.45, 2.75) is 26.7 Å². The van der Waals surface area contributed by atoms with Gasteiger partial charge < -0.3 is 0 Å². The SMILES string of the molecule is CCc1ccncc1.CCc1ccncc1. The van der Waals surface area contributed by atoms with Gasteiger partial charge in [0, 0.05) is 24.8 Å². The van der Waals surface area contributed by atoms with E-state index in [-0.39, 0.29) is 0 Å². The first-order chi connectivity index (χ1) is 7.86. The molecule has 0 spiro atoms. The molecule has 0 bridgehead atoms. The number of rotatable bonds is 2. The minimum atomic E-state index is 1.10. The lowest BCUT2D eigenvalue weighted by Gasteiger charge is -1.89. The van der Waals surface area contributed by atoms with Gasteiger partial charge >= 0.3 is 0 Å². The summed E-state index contributed by atoms with van der Waals surface area (Å²) in [6, 6.07) is 8.11. The van der Waals surface area contributed by atoms with Crippen LogP contribution in [-0.2, 0) is 12.8 Å². The molecule has 16 heavy (non-hydrogen) atoms. The lowest BCUT2D eigenvalue weighted by atomic mass is 10.2. The van der Waals surface area contributed by atoms with Gasteiger partial charge in [-0.15, -0.1) is 0 Å². The van der Waals surface area contributed by atoms with Crippen molar-refractivity contribution in [2.75, 3.05) is 0 Å². The Morgan fingerprint density at radius 1 is 0.688 bits per heavy atom. The minimum Gasteiger partial charge on any atom is -0.265 e. The molecule has 0 aliphatic carbocycles. The van der Waals surface area contributed by atoms with Gasteiger partial charge in [0.2, 0.25) is 0 Å². The molecule has 0 aliphatic heterocycles. The molecule has 0 aliphatic rings. The van der Waals surface area contributed by atoms with Crippen molar-refractivity contribution < 1.29 is 0 Å². The molecule has 0 amide bonds. The number of nitrogens with zero attached hydrogens (tertiary/aromatic N) is 2. The Labute approximate surface area is 97.4 Å². The maximum atomic E-state index is 3.89. The van der Waals surface area contributed by atoms with Crippen LogP contribution >= 0.6 is 0 Å². The van der Waals surface area contributed by atoms with E-state index >= 15 is 0 Å². The van der Waals surface area contributed by atoms with Gasteiger partial charge in [-0.05, 0) is 48.2 Å². The second kappa shape index (κ2) is 7.57. The molecular weight excluding hydrogens is 196 g/mol. The van der Waals surface area contributed by atoms with Gasteiger partial charge in [-0.1, -0.05) is 13.8 Å².